The van der Waals surface area contributed by atoms with Gasteiger partial charge in [-0.3, -0.25) is 0 Å². The van der Waals surface area contributed by atoms with Gasteiger partial charge in [-0.1, -0.05) is 37.3 Å². The SMILES string of the molecule is CCCNCC(CCCS(C)(=O)=O)c1ccccc1. The molecular formula is C15H25NO2S. The van der Waals surface area contributed by atoms with Crippen LogP contribution < -0.4 is 5.32 Å². The van der Waals surface area contributed by atoms with Gasteiger partial charge in [0.2, 0.25) is 0 Å². The molecule has 19 heavy (non-hydrogen) atoms. The van der Waals surface area contributed by atoms with Gasteiger partial charge in [-0.2, -0.15) is 0 Å². The lowest BCUT2D eigenvalue weighted by Gasteiger charge is -2.18. The monoisotopic (exact) mass is 283 g/mol. The van der Waals surface area contributed by atoms with Gasteiger partial charge in [0.15, 0.2) is 0 Å². The maximum atomic E-state index is 11.2. The van der Waals surface area contributed by atoms with Crippen molar-refractivity contribution >= 4 is 9.84 Å². The molecule has 0 spiro atoms. The van der Waals surface area contributed by atoms with Gasteiger partial charge >= 0.3 is 0 Å². The average molecular weight is 283 g/mol. The van der Waals surface area contributed by atoms with Gasteiger partial charge in [0.1, 0.15) is 9.84 Å². The van der Waals surface area contributed by atoms with Crippen molar-refractivity contribution < 1.29 is 8.42 Å². The molecule has 108 valence electrons. The summed E-state index contributed by atoms with van der Waals surface area (Å²) in [5.74, 6) is 0.680. The highest BCUT2D eigenvalue weighted by molar-refractivity contribution is 7.90. The topological polar surface area (TPSA) is 46.2 Å². The largest absolute Gasteiger partial charge is 0.316 e. The summed E-state index contributed by atoms with van der Waals surface area (Å²) in [7, 11) is -2.85. The molecule has 0 fully saturated rings. The summed E-state index contributed by atoms with van der Waals surface area (Å²) in [6, 6.07) is 10.3. The molecule has 3 nitrogen and oxygen atoms in total. The minimum Gasteiger partial charge on any atom is -0.316 e. The third kappa shape index (κ3) is 7.33. The van der Waals surface area contributed by atoms with Crippen LogP contribution in [0, 0.1) is 0 Å². The highest BCUT2D eigenvalue weighted by atomic mass is 32.2. The van der Waals surface area contributed by atoms with Crippen molar-refractivity contribution in [3.63, 3.8) is 0 Å². The van der Waals surface area contributed by atoms with Gasteiger partial charge in [0.05, 0.1) is 0 Å². The van der Waals surface area contributed by atoms with E-state index in [0.29, 0.717) is 5.92 Å². The summed E-state index contributed by atoms with van der Waals surface area (Å²) in [5, 5.41) is 3.43. The van der Waals surface area contributed by atoms with Gasteiger partial charge in [-0.15, -0.1) is 0 Å². The van der Waals surface area contributed by atoms with Crippen LogP contribution in [0.25, 0.3) is 0 Å². The molecule has 4 heteroatoms. The van der Waals surface area contributed by atoms with E-state index in [1.54, 1.807) is 0 Å². The molecule has 0 bridgehead atoms. The molecule has 0 saturated carbocycles. The highest BCUT2D eigenvalue weighted by Crippen LogP contribution is 2.20. The van der Waals surface area contributed by atoms with E-state index in [9.17, 15) is 8.42 Å². The van der Waals surface area contributed by atoms with Crippen LogP contribution in [-0.4, -0.2) is 33.5 Å². The fraction of sp³-hybridized carbons (Fsp3) is 0.600. The van der Waals surface area contributed by atoms with E-state index in [1.165, 1.54) is 11.8 Å². The van der Waals surface area contributed by atoms with Crippen molar-refractivity contribution in [1.29, 1.82) is 0 Å². The number of nitrogens with one attached hydrogen (secondary N) is 1. The Bertz CT molecular complexity index is 442. The molecule has 1 atom stereocenters. The fourth-order valence-electron chi connectivity index (χ4n) is 2.16. The van der Waals surface area contributed by atoms with Crippen molar-refractivity contribution in [3.05, 3.63) is 35.9 Å². The Morgan fingerprint density at radius 1 is 1.21 bits per heavy atom. The molecule has 0 aliphatic heterocycles. The molecule has 1 unspecified atom stereocenters. The number of sulfone groups is 1. The lowest BCUT2D eigenvalue weighted by Crippen LogP contribution is -2.22. The molecule has 0 aromatic heterocycles. The zero-order chi connectivity index (χ0) is 14.1. The first-order valence-electron chi connectivity index (χ1n) is 6.96. The van der Waals surface area contributed by atoms with Gasteiger partial charge in [-0.25, -0.2) is 8.42 Å². The lowest BCUT2D eigenvalue weighted by atomic mass is 9.94. The number of hydrogen-bond donors (Lipinski definition) is 1. The second-order valence-corrected chi connectivity index (χ2v) is 7.34. The van der Waals surface area contributed by atoms with E-state index in [4.69, 9.17) is 0 Å². The second-order valence-electron chi connectivity index (χ2n) is 5.08. The van der Waals surface area contributed by atoms with Crippen LogP contribution in [-0.2, 0) is 9.84 Å². The van der Waals surface area contributed by atoms with Crippen LogP contribution in [0.15, 0.2) is 30.3 Å². The predicted molar refractivity (Wildman–Crippen MR) is 81.3 cm³/mol. The molecule has 0 aliphatic carbocycles. The Balaban J connectivity index is 2.54. The summed E-state index contributed by atoms with van der Waals surface area (Å²) < 4.78 is 22.4. The molecular weight excluding hydrogens is 258 g/mol. The van der Waals surface area contributed by atoms with Gasteiger partial charge in [0.25, 0.3) is 0 Å². The van der Waals surface area contributed by atoms with E-state index in [-0.39, 0.29) is 5.75 Å². The summed E-state index contributed by atoms with van der Waals surface area (Å²) >= 11 is 0. The Morgan fingerprint density at radius 3 is 2.47 bits per heavy atom. The molecule has 1 aromatic carbocycles. The highest BCUT2D eigenvalue weighted by Gasteiger charge is 2.12. The minimum atomic E-state index is -2.85. The molecule has 0 aliphatic rings. The van der Waals surface area contributed by atoms with Crippen molar-refractivity contribution in [3.8, 4) is 0 Å². The molecule has 1 aromatic rings. The standard InChI is InChI=1S/C15H25NO2S/c1-3-11-16-13-15(10-7-12-19(2,17)18)14-8-5-4-6-9-14/h4-6,8-9,15-16H,3,7,10-13H2,1-2H3. The average Bonchev–Trinajstić information content (AvgIpc) is 2.37. The number of benzene rings is 1. The fourth-order valence-corrected chi connectivity index (χ4v) is 2.85. The van der Waals surface area contributed by atoms with Crippen molar-refractivity contribution in [2.75, 3.05) is 25.1 Å². The summed E-state index contributed by atoms with van der Waals surface area (Å²) in [6.45, 7) is 4.07. The van der Waals surface area contributed by atoms with E-state index in [0.717, 1.165) is 32.4 Å². The van der Waals surface area contributed by atoms with Crippen LogP contribution in [0.2, 0.25) is 0 Å². The molecule has 1 rings (SSSR count). The van der Waals surface area contributed by atoms with Crippen molar-refractivity contribution in [1.82, 2.24) is 5.32 Å². The third-order valence-electron chi connectivity index (χ3n) is 3.16. The maximum Gasteiger partial charge on any atom is 0.147 e. The summed E-state index contributed by atoms with van der Waals surface area (Å²) in [4.78, 5) is 0. The van der Waals surface area contributed by atoms with Crippen LogP contribution in [0.1, 0.15) is 37.7 Å². The molecule has 0 radical (unpaired) electrons. The van der Waals surface area contributed by atoms with Gasteiger partial charge < -0.3 is 5.32 Å². The molecule has 0 saturated heterocycles. The Hall–Kier alpha value is -0.870. The van der Waals surface area contributed by atoms with Crippen molar-refractivity contribution in [2.24, 2.45) is 0 Å². The number of hydrogen-bond acceptors (Lipinski definition) is 3. The molecule has 0 amide bonds. The Kier molecular flexibility index (Phi) is 7.10. The molecule has 1 N–H and O–H groups in total. The third-order valence-corrected chi connectivity index (χ3v) is 4.19. The summed E-state index contributed by atoms with van der Waals surface area (Å²) in [6.07, 6.45) is 4.06. The zero-order valence-electron chi connectivity index (χ0n) is 11.9. The normalized spacial score (nSPS) is 13.4. The minimum absolute atomic E-state index is 0.282. The zero-order valence-corrected chi connectivity index (χ0v) is 12.7. The second kappa shape index (κ2) is 8.33. The quantitative estimate of drug-likeness (QED) is 0.709. The van der Waals surface area contributed by atoms with Crippen LogP contribution >= 0.6 is 0 Å². The van der Waals surface area contributed by atoms with Crippen LogP contribution in [0.4, 0.5) is 0 Å². The lowest BCUT2D eigenvalue weighted by molar-refractivity contribution is 0.539. The Labute approximate surface area is 117 Å². The van der Waals surface area contributed by atoms with E-state index < -0.39 is 9.84 Å². The van der Waals surface area contributed by atoms with Gasteiger partial charge in [-0.05, 0) is 37.3 Å². The van der Waals surface area contributed by atoms with E-state index in [1.807, 2.05) is 18.2 Å². The maximum absolute atomic E-state index is 11.2. The molecule has 0 heterocycles. The first kappa shape index (κ1) is 16.2. The predicted octanol–water partition coefficient (Wildman–Crippen LogP) is 2.59. The van der Waals surface area contributed by atoms with E-state index in [2.05, 4.69) is 24.4 Å². The Morgan fingerprint density at radius 2 is 1.89 bits per heavy atom. The van der Waals surface area contributed by atoms with E-state index >= 15 is 0 Å². The van der Waals surface area contributed by atoms with Crippen LogP contribution in [0.3, 0.4) is 0 Å². The summed E-state index contributed by atoms with van der Waals surface area (Å²) in [5.41, 5.74) is 1.29. The first-order valence-corrected chi connectivity index (χ1v) is 9.02. The van der Waals surface area contributed by atoms with Crippen LogP contribution in [0.5, 0.6) is 0 Å². The number of rotatable bonds is 9. The van der Waals surface area contributed by atoms with Crippen molar-refractivity contribution in [2.45, 2.75) is 32.1 Å². The smallest absolute Gasteiger partial charge is 0.147 e. The van der Waals surface area contributed by atoms with Gasteiger partial charge in [0, 0.05) is 18.6 Å². The first-order chi connectivity index (χ1) is 9.03.